The van der Waals surface area contributed by atoms with E-state index >= 15 is 0 Å². The maximum Gasteiger partial charge on any atom is 0.0233 e. The minimum atomic E-state index is 0.592. The zero-order chi connectivity index (χ0) is 15.2. The molecule has 1 N–H and O–H groups in total. The number of benzene rings is 1. The van der Waals surface area contributed by atoms with Crippen LogP contribution in [0, 0.1) is 11.8 Å². The van der Waals surface area contributed by atoms with Crippen molar-refractivity contribution < 1.29 is 0 Å². The second-order valence-electron chi connectivity index (χ2n) is 6.93. The first-order chi connectivity index (χ1) is 10.1. The third-order valence-corrected chi connectivity index (χ3v) is 5.07. The normalized spacial score (nSPS) is 25.0. The van der Waals surface area contributed by atoms with Crippen molar-refractivity contribution in [3.8, 4) is 0 Å². The number of piperidine rings is 1. The van der Waals surface area contributed by atoms with Gasteiger partial charge in [-0.3, -0.25) is 4.90 Å². The van der Waals surface area contributed by atoms with Gasteiger partial charge in [-0.1, -0.05) is 52.0 Å². The maximum absolute atomic E-state index is 3.43. The van der Waals surface area contributed by atoms with Crippen molar-refractivity contribution in [2.24, 2.45) is 11.8 Å². The van der Waals surface area contributed by atoms with Crippen molar-refractivity contribution in [2.75, 3.05) is 26.2 Å². The molecule has 0 radical (unpaired) electrons. The summed E-state index contributed by atoms with van der Waals surface area (Å²) in [6.45, 7) is 15.0. The Labute approximate surface area is 130 Å². The molecule has 1 fully saturated rings. The number of hydrogen-bond donors (Lipinski definition) is 1. The molecule has 1 saturated heterocycles. The average Bonchev–Trinajstić information content (AvgIpc) is 2.49. The standard InChI is InChI=1S/C19H32N2/c1-5-20-12-16(3)19-8-6-18(7-9-19)14-21-11-10-15(2)17(4)13-21/h6-9,15-17,20H,5,10-14H2,1-4H3. The lowest BCUT2D eigenvalue weighted by atomic mass is 9.88. The smallest absolute Gasteiger partial charge is 0.0233 e. The summed E-state index contributed by atoms with van der Waals surface area (Å²) >= 11 is 0. The molecule has 2 heteroatoms. The molecule has 1 aliphatic heterocycles. The fourth-order valence-corrected chi connectivity index (χ4v) is 3.18. The van der Waals surface area contributed by atoms with Crippen LogP contribution in [0.3, 0.4) is 0 Å². The fourth-order valence-electron chi connectivity index (χ4n) is 3.18. The molecule has 0 amide bonds. The Kier molecular flexibility index (Phi) is 6.25. The number of hydrogen-bond acceptors (Lipinski definition) is 2. The molecule has 0 bridgehead atoms. The first kappa shape index (κ1) is 16.5. The van der Waals surface area contributed by atoms with E-state index in [-0.39, 0.29) is 0 Å². The zero-order valence-electron chi connectivity index (χ0n) is 14.2. The fraction of sp³-hybridized carbons (Fsp3) is 0.684. The Morgan fingerprint density at radius 1 is 1.19 bits per heavy atom. The first-order valence-corrected chi connectivity index (χ1v) is 8.62. The molecule has 0 aliphatic carbocycles. The number of likely N-dealkylation sites (tertiary alicyclic amines) is 1. The van der Waals surface area contributed by atoms with Crippen molar-refractivity contribution in [1.29, 1.82) is 0 Å². The lowest BCUT2D eigenvalue weighted by Crippen LogP contribution is -2.37. The molecular weight excluding hydrogens is 256 g/mol. The molecule has 118 valence electrons. The van der Waals surface area contributed by atoms with Gasteiger partial charge in [0.2, 0.25) is 0 Å². The summed E-state index contributed by atoms with van der Waals surface area (Å²) in [5, 5.41) is 3.43. The van der Waals surface area contributed by atoms with E-state index in [4.69, 9.17) is 0 Å². The maximum atomic E-state index is 3.43. The Hall–Kier alpha value is -0.860. The highest BCUT2D eigenvalue weighted by Crippen LogP contribution is 2.24. The van der Waals surface area contributed by atoms with Gasteiger partial charge in [-0.15, -0.1) is 0 Å². The van der Waals surface area contributed by atoms with E-state index < -0.39 is 0 Å². The van der Waals surface area contributed by atoms with E-state index in [1.54, 1.807) is 0 Å². The highest BCUT2D eigenvalue weighted by Gasteiger charge is 2.22. The van der Waals surface area contributed by atoms with E-state index in [1.807, 2.05) is 0 Å². The van der Waals surface area contributed by atoms with Crippen molar-refractivity contribution in [2.45, 2.75) is 46.6 Å². The van der Waals surface area contributed by atoms with Gasteiger partial charge in [-0.25, -0.2) is 0 Å². The van der Waals surface area contributed by atoms with E-state index in [0.717, 1.165) is 31.5 Å². The van der Waals surface area contributed by atoms with Gasteiger partial charge in [0, 0.05) is 19.6 Å². The van der Waals surface area contributed by atoms with Crippen molar-refractivity contribution in [3.05, 3.63) is 35.4 Å². The minimum Gasteiger partial charge on any atom is -0.316 e. The van der Waals surface area contributed by atoms with Crippen molar-refractivity contribution in [1.82, 2.24) is 10.2 Å². The van der Waals surface area contributed by atoms with Crippen LogP contribution in [0.1, 0.15) is 51.2 Å². The Morgan fingerprint density at radius 2 is 1.90 bits per heavy atom. The van der Waals surface area contributed by atoms with Gasteiger partial charge in [0.15, 0.2) is 0 Å². The molecule has 3 unspecified atom stereocenters. The van der Waals surface area contributed by atoms with Crippen LogP contribution in [0.4, 0.5) is 0 Å². The van der Waals surface area contributed by atoms with E-state index in [1.165, 1.54) is 30.6 Å². The Morgan fingerprint density at radius 3 is 2.52 bits per heavy atom. The Balaban J connectivity index is 1.87. The monoisotopic (exact) mass is 288 g/mol. The van der Waals surface area contributed by atoms with Crippen molar-refractivity contribution in [3.63, 3.8) is 0 Å². The summed E-state index contributed by atoms with van der Waals surface area (Å²) in [5.74, 6) is 2.31. The van der Waals surface area contributed by atoms with E-state index in [2.05, 4.69) is 62.2 Å². The summed E-state index contributed by atoms with van der Waals surface area (Å²) in [5.41, 5.74) is 2.90. The van der Waals surface area contributed by atoms with Crippen LogP contribution < -0.4 is 5.32 Å². The van der Waals surface area contributed by atoms with Crippen LogP contribution in [0.25, 0.3) is 0 Å². The third-order valence-electron chi connectivity index (χ3n) is 5.07. The lowest BCUT2D eigenvalue weighted by Gasteiger charge is -2.35. The molecule has 1 heterocycles. The number of likely N-dealkylation sites (N-methyl/N-ethyl adjacent to an activating group) is 1. The zero-order valence-corrected chi connectivity index (χ0v) is 14.2. The van der Waals surface area contributed by atoms with Gasteiger partial charge in [-0.05, 0) is 48.4 Å². The first-order valence-electron chi connectivity index (χ1n) is 8.62. The average molecular weight is 288 g/mol. The predicted molar refractivity (Wildman–Crippen MR) is 91.6 cm³/mol. The minimum absolute atomic E-state index is 0.592. The number of nitrogens with one attached hydrogen (secondary N) is 1. The molecule has 0 aromatic heterocycles. The molecule has 1 aliphatic rings. The van der Waals surface area contributed by atoms with E-state index in [0.29, 0.717) is 5.92 Å². The van der Waals surface area contributed by atoms with E-state index in [9.17, 15) is 0 Å². The van der Waals surface area contributed by atoms with Gasteiger partial charge >= 0.3 is 0 Å². The molecule has 3 atom stereocenters. The lowest BCUT2D eigenvalue weighted by molar-refractivity contribution is 0.132. The molecule has 1 aromatic rings. The second-order valence-corrected chi connectivity index (χ2v) is 6.93. The van der Waals surface area contributed by atoms with Crippen LogP contribution in [-0.2, 0) is 6.54 Å². The highest BCUT2D eigenvalue weighted by molar-refractivity contribution is 5.25. The summed E-state index contributed by atoms with van der Waals surface area (Å²) in [6.07, 6.45) is 1.35. The molecular formula is C19H32N2. The summed E-state index contributed by atoms with van der Waals surface area (Å²) < 4.78 is 0. The topological polar surface area (TPSA) is 15.3 Å². The largest absolute Gasteiger partial charge is 0.316 e. The summed E-state index contributed by atoms with van der Waals surface area (Å²) in [6, 6.07) is 9.27. The molecule has 1 aromatic carbocycles. The van der Waals surface area contributed by atoms with Gasteiger partial charge in [-0.2, -0.15) is 0 Å². The van der Waals surface area contributed by atoms with Crippen LogP contribution in [0.5, 0.6) is 0 Å². The van der Waals surface area contributed by atoms with Crippen LogP contribution in [-0.4, -0.2) is 31.1 Å². The summed E-state index contributed by atoms with van der Waals surface area (Å²) in [7, 11) is 0. The number of rotatable bonds is 6. The molecule has 0 spiro atoms. The predicted octanol–water partition coefficient (Wildman–Crippen LogP) is 3.88. The molecule has 2 rings (SSSR count). The van der Waals surface area contributed by atoms with Crippen LogP contribution >= 0.6 is 0 Å². The van der Waals surface area contributed by atoms with Gasteiger partial charge in [0.1, 0.15) is 0 Å². The molecule has 21 heavy (non-hydrogen) atoms. The van der Waals surface area contributed by atoms with Crippen molar-refractivity contribution >= 4 is 0 Å². The van der Waals surface area contributed by atoms with Crippen LogP contribution in [0.2, 0.25) is 0 Å². The molecule has 2 nitrogen and oxygen atoms in total. The number of nitrogens with zero attached hydrogens (tertiary/aromatic N) is 1. The van der Waals surface area contributed by atoms with Gasteiger partial charge in [0.25, 0.3) is 0 Å². The quantitative estimate of drug-likeness (QED) is 0.854. The molecule has 0 saturated carbocycles. The van der Waals surface area contributed by atoms with Gasteiger partial charge < -0.3 is 5.32 Å². The van der Waals surface area contributed by atoms with Gasteiger partial charge in [0.05, 0.1) is 0 Å². The van der Waals surface area contributed by atoms with Crippen LogP contribution in [0.15, 0.2) is 24.3 Å². The third kappa shape index (κ3) is 4.82. The SMILES string of the molecule is CCNCC(C)c1ccc(CN2CCC(C)C(C)C2)cc1. The second kappa shape index (κ2) is 7.95. The highest BCUT2D eigenvalue weighted by atomic mass is 15.1. The Bertz CT molecular complexity index is 412. The summed E-state index contributed by atoms with van der Waals surface area (Å²) in [4.78, 5) is 2.61.